The number of aliphatic hydroxyl groups excluding tert-OH is 1. The lowest BCUT2D eigenvalue weighted by atomic mass is 10.1. The van der Waals surface area contributed by atoms with E-state index in [4.69, 9.17) is 4.74 Å². The summed E-state index contributed by atoms with van der Waals surface area (Å²) < 4.78 is 7.24. The number of Topliss-reactive ketones (excluding diaryl/α,β-unsaturated/α-hetero) is 1. The Morgan fingerprint density at radius 1 is 1.18 bits per heavy atom. The van der Waals surface area contributed by atoms with Gasteiger partial charge in [0.15, 0.2) is 5.78 Å². The van der Waals surface area contributed by atoms with E-state index in [2.05, 4.69) is 15.5 Å². The van der Waals surface area contributed by atoms with Crippen LogP contribution >= 0.6 is 11.8 Å². The summed E-state index contributed by atoms with van der Waals surface area (Å²) in [6.45, 7) is 3.99. The van der Waals surface area contributed by atoms with Gasteiger partial charge in [0.25, 0.3) is 0 Å². The van der Waals surface area contributed by atoms with Crippen LogP contribution in [0.2, 0.25) is 0 Å². The minimum Gasteiger partial charge on any atom is -0.491 e. The van der Waals surface area contributed by atoms with Crippen molar-refractivity contribution in [1.82, 2.24) is 20.2 Å². The normalized spacial score (nSPS) is 12.0. The monoisotopic (exact) mass is 398 g/mol. The van der Waals surface area contributed by atoms with Crippen LogP contribution in [0, 0.1) is 6.92 Å². The minimum absolute atomic E-state index is 0.0919. The van der Waals surface area contributed by atoms with Gasteiger partial charge in [0.05, 0.1) is 11.8 Å². The molecule has 8 heteroatoms. The molecule has 1 heterocycles. The minimum atomic E-state index is -0.690. The maximum absolute atomic E-state index is 11.6. The molecule has 146 valence electrons. The molecule has 3 rings (SSSR count). The topological polar surface area (TPSA) is 90.1 Å². The van der Waals surface area contributed by atoms with Crippen molar-refractivity contribution < 1.29 is 14.6 Å². The molecule has 3 aromatic rings. The molecule has 7 nitrogen and oxygen atoms in total. The Hall–Kier alpha value is -2.71. The third-order valence-corrected chi connectivity index (χ3v) is 5.13. The molecule has 2 aromatic carbocycles. The Kier molecular flexibility index (Phi) is 6.78. The molecule has 0 saturated heterocycles. The number of tetrazole rings is 1. The van der Waals surface area contributed by atoms with Gasteiger partial charge in [0.1, 0.15) is 12.4 Å². The number of hydrogen-bond acceptors (Lipinski definition) is 7. The van der Waals surface area contributed by atoms with Crippen molar-refractivity contribution in [3.05, 3.63) is 59.7 Å². The summed E-state index contributed by atoms with van der Waals surface area (Å²) in [5.74, 6) is 1.09. The number of thioether (sulfide) groups is 1. The Bertz CT molecular complexity index is 910. The highest BCUT2D eigenvalue weighted by Gasteiger charge is 2.13. The van der Waals surface area contributed by atoms with Crippen LogP contribution in [0.5, 0.6) is 5.75 Å². The third-order valence-electron chi connectivity index (χ3n) is 4.06. The smallest absolute Gasteiger partial charge is 0.214 e. The van der Waals surface area contributed by atoms with Crippen LogP contribution in [0.1, 0.15) is 29.3 Å². The van der Waals surface area contributed by atoms with Gasteiger partial charge in [-0.25, -0.2) is 0 Å². The van der Waals surface area contributed by atoms with Gasteiger partial charge in [0, 0.05) is 17.7 Å². The van der Waals surface area contributed by atoms with E-state index in [0.717, 1.165) is 11.3 Å². The number of nitrogens with zero attached hydrogens (tertiary/aromatic N) is 4. The van der Waals surface area contributed by atoms with Crippen molar-refractivity contribution in [3.63, 3.8) is 0 Å². The molecule has 0 saturated carbocycles. The van der Waals surface area contributed by atoms with Crippen molar-refractivity contribution in [2.75, 3.05) is 12.4 Å². The zero-order valence-corrected chi connectivity index (χ0v) is 16.6. The van der Waals surface area contributed by atoms with Crippen LogP contribution < -0.4 is 4.74 Å². The highest BCUT2D eigenvalue weighted by molar-refractivity contribution is 7.99. The number of carbonyl (C=O) groups excluding carboxylic acids is 1. The second-order valence-electron chi connectivity index (χ2n) is 6.29. The number of rotatable bonds is 9. The Labute approximate surface area is 167 Å². The molecule has 1 atom stereocenters. The largest absolute Gasteiger partial charge is 0.491 e. The molecule has 0 aliphatic rings. The van der Waals surface area contributed by atoms with Crippen LogP contribution in [0.4, 0.5) is 0 Å². The third kappa shape index (κ3) is 5.17. The first-order valence-corrected chi connectivity index (χ1v) is 9.97. The molecule has 1 N–H and O–H groups in total. The average molecular weight is 398 g/mol. The summed E-state index contributed by atoms with van der Waals surface area (Å²) in [5.41, 5.74) is 2.69. The first-order chi connectivity index (χ1) is 13.6. The van der Waals surface area contributed by atoms with Crippen molar-refractivity contribution in [2.45, 2.75) is 31.5 Å². The van der Waals surface area contributed by atoms with Gasteiger partial charge >= 0.3 is 0 Å². The number of aryl methyl sites for hydroxylation is 1. The predicted octanol–water partition coefficient (Wildman–Crippen LogP) is 3.10. The molecule has 0 aliphatic carbocycles. The van der Waals surface area contributed by atoms with E-state index in [0.29, 0.717) is 28.6 Å². The van der Waals surface area contributed by atoms with Gasteiger partial charge in [-0.2, -0.15) is 4.68 Å². The Morgan fingerprint density at radius 3 is 2.57 bits per heavy atom. The molecule has 0 radical (unpaired) electrons. The SMILES string of the molecule is CCC(=O)c1ccc(OCC(O)CSc2nnnn2-c2ccc(C)cc2)cc1. The number of carbonyl (C=O) groups is 1. The summed E-state index contributed by atoms with van der Waals surface area (Å²) in [4.78, 5) is 11.6. The molecular formula is C20H22N4O3S. The quantitative estimate of drug-likeness (QED) is 0.437. The van der Waals surface area contributed by atoms with E-state index in [1.54, 1.807) is 28.9 Å². The summed E-state index contributed by atoms with van der Waals surface area (Å²) in [6, 6.07) is 14.8. The maximum atomic E-state index is 11.6. The molecule has 0 bridgehead atoms. The van der Waals surface area contributed by atoms with Crippen molar-refractivity contribution in [2.24, 2.45) is 0 Å². The second kappa shape index (κ2) is 9.48. The van der Waals surface area contributed by atoms with E-state index in [1.165, 1.54) is 11.8 Å². The van der Waals surface area contributed by atoms with E-state index >= 15 is 0 Å². The van der Waals surface area contributed by atoms with Gasteiger partial charge in [-0.15, -0.1) is 5.10 Å². The second-order valence-corrected chi connectivity index (χ2v) is 7.27. The molecular weight excluding hydrogens is 376 g/mol. The zero-order valence-electron chi connectivity index (χ0n) is 15.8. The van der Waals surface area contributed by atoms with Crippen LogP contribution in [0.3, 0.4) is 0 Å². The Morgan fingerprint density at radius 2 is 1.89 bits per heavy atom. The maximum Gasteiger partial charge on any atom is 0.214 e. The van der Waals surface area contributed by atoms with E-state index < -0.39 is 6.10 Å². The number of benzene rings is 2. The fourth-order valence-corrected chi connectivity index (χ4v) is 3.27. The number of aliphatic hydroxyl groups is 1. The molecule has 0 spiro atoms. The number of ketones is 1. The molecule has 28 heavy (non-hydrogen) atoms. The first-order valence-electron chi connectivity index (χ1n) is 8.99. The zero-order chi connectivity index (χ0) is 19.9. The molecule has 1 unspecified atom stereocenters. The van der Waals surface area contributed by atoms with Crippen LogP contribution in [0.25, 0.3) is 5.69 Å². The number of hydrogen-bond donors (Lipinski definition) is 1. The lowest BCUT2D eigenvalue weighted by Crippen LogP contribution is -2.20. The van der Waals surface area contributed by atoms with Gasteiger partial charge in [-0.1, -0.05) is 36.4 Å². The van der Waals surface area contributed by atoms with E-state index in [-0.39, 0.29) is 12.4 Å². The summed E-state index contributed by atoms with van der Waals surface area (Å²) in [5, 5.41) is 22.6. The number of ether oxygens (including phenoxy) is 1. The van der Waals surface area contributed by atoms with Gasteiger partial charge in [0.2, 0.25) is 5.16 Å². The summed E-state index contributed by atoms with van der Waals surface area (Å²) in [6.07, 6.45) is -0.219. The first kappa shape index (κ1) is 20.0. The van der Waals surface area contributed by atoms with Crippen LogP contribution in [-0.4, -0.2) is 49.6 Å². The molecule has 0 aliphatic heterocycles. The highest BCUT2D eigenvalue weighted by Crippen LogP contribution is 2.20. The van der Waals surface area contributed by atoms with Crippen molar-refractivity contribution in [3.8, 4) is 11.4 Å². The summed E-state index contributed by atoms with van der Waals surface area (Å²) in [7, 11) is 0. The van der Waals surface area contributed by atoms with Gasteiger partial charge in [-0.3, -0.25) is 4.79 Å². The van der Waals surface area contributed by atoms with Crippen LogP contribution in [-0.2, 0) is 0 Å². The van der Waals surface area contributed by atoms with Crippen LogP contribution in [0.15, 0.2) is 53.7 Å². The summed E-state index contributed by atoms with van der Waals surface area (Å²) >= 11 is 1.36. The van der Waals surface area contributed by atoms with E-state index in [1.807, 2.05) is 38.1 Å². The molecule has 0 fully saturated rings. The molecule has 1 aromatic heterocycles. The average Bonchev–Trinajstić information content (AvgIpc) is 3.19. The number of aromatic nitrogens is 4. The predicted molar refractivity (Wildman–Crippen MR) is 107 cm³/mol. The lowest BCUT2D eigenvalue weighted by Gasteiger charge is -2.12. The standard InChI is InChI=1S/C20H22N4O3S/c1-3-19(26)15-6-10-18(11-7-15)27-12-17(25)13-28-20-21-22-23-24(20)16-8-4-14(2)5-9-16/h4-11,17,25H,3,12-13H2,1-2H3. The fourth-order valence-electron chi connectivity index (χ4n) is 2.47. The van der Waals surface area contributed by atoms with E-state index in [9.17, 15) is 9.90 Å². The van der Waals surface area contributed by atoms with Gasteiger partial charge in [-0.05, 0) is 53.7 Å². The Balaban J connectivity index is 1.51. The fraction of sp³-hybridized carbons (Fsp3) is 0.300. The highest BCUT2D eigenvalue weighted by atomic mass is 32.2. The van der Waals surface area contributed by atoms with Crippen molar-refractivity contribution >= 4 is 17.5 Å². The van der Waals surface area contributed by atoms with Gasteiger partial charge < -0.3 is 9.84 Å². The lowest BCUT2D eigenvalue weighted by molar-refractivity contribution is 0.0987. The molecule has 0 amide bonds. The van der Waals surface area contributed by atoms with Crippen molar-refractivity contribution in [1.29, 1.82) is 0 Å².